The van der Waals surface area contributed by atoms with Crippen LogP contribution in [0.25, 0.3) is 22.7 Å². The summed E-state index contributed by atoms with van der Waals surface area (Å²) < 4.78 is 0. The minimum absolute atomic E-state index is 0.0348. The van der Waals surface area contributed by atoms with Crippen LogP contribution < -0.4 is 5.73 Å². The lowest BCUT2D eigenvalue weighted by Gasteiger charge is -2.01. The molecule has 0 aliphatic carbocycles. The quantitative estimate of drug-likeness (QED) is 0.422. The molecule has 2 aromatic heterocycles. The van der Waals surface area contributed by atoms with E-state index in [9.17, 15) is 10.1 Å². The van der Waals surface area contributed by atoms with Crippen molar-refractivity contribution in [1.29, 1.82) is 0 Å². The highest BCUT2D eigenvalue weighted by atomic mass is 32.1. The van der Waals surface area contributed by atoms with Gasteiger partial charge < -0.3 is 10.7 Å². The molecule has 0 aliphatic rings. The first-order valence-electron chi connectivity index (χ1n) is 7.61. The van der Waals surface area contributed by atoms with Crippen LogP contribution >= 0.6 is 11.3 Å². The lowest BCUT2D eigenvalue weighted by Crippen LogP contribution is -1.91. The van der Waals surface area contributed by atoms with Crippen LogP contribution in [-0.4, -0.2) is 25.1 Å². The lowest BCUT2D eigenvalue weighted by atomic mass is 10.1. The van der Waals surface area contributed by atoms with Crippen LogP contribution in [0.4, 0.5) is 10.8 Å². The van der Waals surface area contributed by atoms with Crippen LogP contribution in [-0.2, 0) is 0 Å². The Hall–Kier alpha value is -3.59. The Kier molecular flexibility index (Phi) is 3.90. The number of imidazole rings is 1. The number of nitrogens with one attached hydrogen (secondary N) is 1. The first-order chi connectivity index (χ1) is 12.6. The van der Waals surface area contributed by atoms with E-state index in [-0.39, 0.29) is 5.69 Å². The van der Waals surface area contributed by atoms with Crippen molar-refractivity contribution < 1.29 is 4.92 Å². The summed E-state index contributed by atoms with van der Waals surface area (Å²) in [7, 11) is 0. The van der Waals surface area contributed by atoms with E-state index in [0.29, 0.717) is 21.5 Å². The number of aromatic nitrogens is 4. The molecule has 128 valence electrons. The Morgan fingerprint density at radius 1 is 1.15 bits per heavy atom. The maximum absolute atomic E-state index is 10.8. The van der Waals surface area contributed by atoms with Gasteiger partial charge in [-0.05, 0) is 35.9 Å². The van der Waals surface area contributed by atoms with Gasteiger partial charge in [0, 0.05) is 12.1 Å². The summed E-state index contributed by atoms with van der Waals surface area (Å²) in [6.45, 7) is 0. The summed E-state index contributed by atoms with van der Waals surface area (Å²) in [5, 5.41) is 19.8. The number of nitro benzene ring substituents is 1. The van der Waals surface area contributed by atoms with Gasteiger partial charge in [0.2, 0.25) is 5.13 Å². The zero-order valence-corrected chi connectivity index (χ0v) is 14.1. The molecule has 2 heterocycles. The average molecular weight is 364 g/mol. The van der Waals surface area contributed by atoms with Crippen molar-refractivity contribution in [3.8, 4) is 0 Å². The molecule has 0 bridgehead atoms. The number of fused-ring (bicyclic) bond motifs is 1. The summed E-state index contributed by atoms with van der Waals surface area (Å²) in [4.78, 5) is 18.3. The molecular formula is C17H12N6O2S. The number of hydrogen-bond donors (Lipinski definition) is 2. The van der Waals surface area contributed by atoms with E-state index >= 15 is 0 Å². The highest BCUT2D eigenvalue weighted by Crippen LogP contribution is 2.29. The highest BCUT2D eigenvalue weighted by molar-refractivity contribution is 7.16. The van der Waals surface area contributed by atoms with Gasteiger partial charge in [-0.1, -0.05) is 23.5 Å². The Balaban J connectivity index is 1.83. The number of nitro groups is 1. The monoisotopic (exact) mass is 364 g/mol. The number of hydrogen-bond acceptors (Lipinski definition) is 7. The Morgan fingerprint density at radius 3 is 2.58 bits per heavy atom. The van der Waals surface area contributed by atoms with Gasteiger partial charge in [-0.3, -0.25) is 10.1 Å². The number of anilines is 1. The first kappa shape index (κ1) is 15.9. The third-order valence-electron chi connectivity index (χ3n) is 3.73. The summed E-state index contributed by atoms with van der Waals surface area (Å²) in [6, 6.07) is 13.9. The minimum atomic E-state index is -0.431. The number of rotatable bonds is 4. The van der Waals surface area contributed by atoms with E-state index in [1.165, 1.54) is 23.5 Å². The van der Waals surface area contributed by atoms with Crippen LogP contribution in [0.5, 0.6) is 0 Å². The summed E-state index contributed by atoms with van der Waals surface area (Å²) in [5.41, 5.74) is 8.98. The fraction of sp³-hybridized carbons (Fsp3) is 0. The van der Waals surface area contributed by atoms with Gasteiger partial charge in [-0.25, -0.2) is 4.98 Å². The highest BCUT2D eigenvalue weighted by Gasteiger charge is 2.15. The number of para-hydroxylation sites is 2. The number of H-pyrrole nitrogens is 1. The molecule has 0 atom stereocenters. The molecule has 2 aromatic carbocycles. The molecule has 0 saturated carbocycles. The van der Waals surface area contributed by atoms with Crippen molar-refractivity contribution >= 4 is 44.8 Å². The summed E-state index contributed by atoms with van der Waals surface area (Å²) in [5.74, 6) is 0.626. The second kappa shape index (κ2) is 6.37. The van der Waals surface area contributed by atoms with Crippen molar-refractivity contribution in [3.05, 3.63) is 75.0 Å². The summed E-state index contributed by atoms with van der Waals surface area (Å²) >= 11 is 1.25. The van der Waals surface area contributed by atoms with Crippen molar-refractivity contribution in [1.82, 2.24) is 20.2 Å². The topological polar surface area (TPSA) is 124 Å². The fourth-order valence-corrected chi connectivity index (χ4v) is 3.14. The maximum Gasteiger partial charge on any atom is 0.269 e. The zero-order chi connectivity index (χ0) is 18.1. The van der Waals surface area contributed by atoms with E-state index < -0.39 is 4.92 Å². The third-order valence-corrected chi connectivity index (χ3v) is 4.52. The number of nitrogens with two attached hydrogens (primary N) is 1. The van der Waals surface area contributed by atoms with Gasteiger partial charge in [-0.2, -0.15) is 0 Å². The standard InChI is InChI=1S/C17H12N6O2S/c18-17-22-21-16(26-17)12(9-10-5-7-11(8-6-10)23(24)25)15-19-13-3-1-2-4-14(13)20-15/h1-9H,(H2,18,22)(H,19,20)/b12-9+. The maximum atomic E-state index is 10.8. The minimum Gasteiger partial charge on any atom is -0.374 e. The van der Waals surface area contributed by atoms with Gasteiger partial charge in [-0.15, -0.1) is 10.2 Å². The molecule has 3 N–H and O–H groups in total. The number of non-ortho nitro benzene ring substituents is 1. The van der Waals surface area contributed by atoms with E-state index in [1.54, 1.807) is 12.1 Å². The van der Waals surface area contributed by atoms with Crippen LogP contribution in [0, 0.1) is 10.1 Å². The average Bonchev–Trinajstić information content (AvgIpc) is 3.26. The molecule has 0 spiro atoms. The van der Waals surface area contributed by atoms with Crippen molar-refractivity contribution in [2.45, 2.75) is 0 Å². The van der Waals surface area contributed by atoms with E-state index in [0.717, 1.165) is 16.6 Å². The second-order valence-electron chi connectivity index (χ2n) is 5.45. The lowest BCUT2D eigenvalue weighted by molar-refractivity contribution is -0.384. The fourth-order valence-electron chi connectivity index (χ4n) is 2.51. The molecular weight excluding hydrogens is 352 g/mol. The molecule has 0 saturated heterocycles. The Morgan fingerprint density at radius 2 is 1.92 bits per heavy atom. The zero-order valence-electron chi connectivity index (χ0n) is 13.3. The predicted molar refractivity (Wildman–Crippen MR) is 100 cm³/mol. The normalized spacial score (nSPS) is 11.8. The SMILES string of the molecule is Nc1nnc(/C(=C/c2ccc([N+](=O)[O-])cc2)c2nc3ccccc3[nH]2)s1. The molecule has 0 aliphatic heterocycles. The molecule has 9 heteroatoms. The second-order valence-corrected chi connectivity index (χ2v) is 6.46. The molecule has 0 radical (unpaired) electrons. The number of nitrogen functional groups attached to an aromatic ring is 1. The molecule has 8 nitrogen and oxygen atoms in total. The molecule has 4 aromatic rings. The molecule has 26 heavy (non-hydrogen) atoms. The van der Waals surface area contributed by atoms with E-state index in [1.807, 2.05) is 30.3 Å². The van der Waals surface area contributed by atoms with E-state index in [4.69, 9.17) is 5.73 Å². The summed E-state index contributed by atoms with van der Waals surface area (Å²) in [6.07, 6.45) is 1.85. The van der Waals surface area contributed by atoms with Gasteiger partial charge in [0.25, 0.3) is 5.69 Å². The number of nitrogens with zero attached hydrogens (tertiary/aromatic N) is 4. The van der Waals surface area contributed by atoms with Crippen LogP contribution in [0.1, 0.15) is 16.4 Å². The van der Waals surface area contributed by atoms with Gasteiger partial charge in [0.05, 0.1) is 21.5 Å². The van der Waals surface area contributed by atoms with Crippen LogP contribution in [0.2, 0.25) is 0 Å². The van der Waals surface area contributed by atoms with Gasteiger partial charge >= 0.3 is 0 Å². The largest absolute Gasteiger partial charge is 0.374 e. The van der Waals surface area contributed by atoms with Crippen LogP contribution in [0.3, 0.4) is 0 Å². The van der Waals surface area contributed by atoms with Crippen LogP contribution in [0.15, 0.2) is 48.5 Å². The number of aromatic amines is 1. The molecule has 0 amide bonds. The van der Waals surface area contributed by atoms with E-state index in [2.05, 4.69) is 20.2 Å². The molecule has 4 rings (SSSR count). The Bertz CT molecular complexity index is 1100. The first-order valence-corrected chi connectivity index (χ1v) is 8.42. The van der Waals surface area contributed by atoms with Crippen molar-refractivity contribution in [3.63, 3.8) is 0 Å². The number of benzene rings is 2. The smallest absolute Gasteiger partial charge is 0.269 e. The third kappa shape index (κ3) is 3.03. The van der Waals surface area contributed by atoms with Gasteiger partial charge in [0.1, 0.15) is 5.82 Å². The Labute approximate surface area is 151 Å². The van der Waals surface area contributed by atoms with Crippen molar-refractivity contribution in [2.24, 2.45) is 0 Å². The molecule has 0 unspecified atom stereocenters. The van der Waals surface area contributed by atoms with Crippen molar-refractivity contribution in [2.75, 3.05) is 5.73 Å². The predicted octanol–water partition coefficient (Wildman–Crippen LogP) is 3.49. The van der Waals surface area contributed by atoms with Gasteiger partial charge in [0.15, 0.2) is 5.01 Å². The molecule has 0 fully saturated rings.